The van der Waals surface area contributed by atoms with Gasteiger partial charge < -0.3 is 10.8 Å². The molecule has 0 fully saturated rings. The van der Waals surface area contributed by atoms with Gasteiger partial charge in [-0.2, -0.15) is 0 Å². The summed E-state index contributed by atoms with van der Waals surface area (Å²) in [6.07, 6.45) is 0.481. The maximum atomic E-state index is 10.3. The van der Waals surface area contributed by atoms with E-state index >= 15 is 0 Å². The van der Waals surface area contributed by atoms with Gasteiger partial charge >= 0.3 is 5.97 Å². The Morgan fingerprint density at radius 2 is 2.12 bits per heavy atom. The van der Waals surface area contributed by atoms with E-state index in [0.717, 1.165) is 6.07 Å². The van der Waals surface area contributed by atoms with Gasteiger partial charge in [0, 0.05) is 17.7 Å². The Hall–Kier alpha value is -1.99. The average Bonchev–Trinajstić information content (AvgIpc) is 2.30. The number of carbonyl (C=O) groups is 2. The van der Waals surface area contributed by atoms with Gasteiger partial charge in [0.1, 0.15) is 0 Å². The first-order chi connectivity index (χ1) is 7.92. The Morgan fingerprint density at radius 3 is 2.47 bits per heavy atom. The number of nitro benzene ring substituents is 1. The molecule has 0 amide bonds. The first-order valence-corrected chi connectivity index (χ1v) is 4.61. The Morgan fingerprint density at radius 1 is 1.59 bits per heavy atom. The van der Waals surface area contributed by atoms with Crippen molar-refractivity contribution in [3.05, 3.63) is 38.9 Å². The quantitative estimate of drug-likeness (QED) is 0.476. The predicted molar refractivity (Wildman–Crippen MR) is 60.2 cm³/mol. The number of halogens is 1. The summed E-state index contributed by atoms with van der Waals surface area (Å²) in [5.74, 6) is -0.968. The molecule has 0 bridgehead atoms. The Bertz CT molecular complexity index is 435. The smallest absolute Gasteiger partial charge is 0.317 e. The predicted octanol–water partition coefficient (Wildman–Crippen LogP) is 1.09. The molecule has 0 aliphatic rings. The molecule has 92 valence electrons. The molecular formula is C9H9ClN2O5. The van der Waals surface area contributed by atoms with Crippen LogP contribution in [0, 0.1) is 10.1 Å². The van der Waals surface area contributed by atoms with Crippen molar-refractivity contribution in [3.63, 3.8) is 0 Å². The van der Waals surface area contributed by atoms with E-state index in [1.807, 2.05) is 0 Å². The van der Waals surface area contributed by atoms with Crippen molar-refractivity contribution in [3.8, 4) is 0 Å². The second-order valence-electron chi connectivity index (χ2n) is 2.68. The van der Waals surface area contributed by atoms with Gasteiger partial charge in [-0.25, -0.2) is 0 Å². The Balaban J connectivity index is 0.000000437. The fraction of sp³-hybridized carbons (Fsp3) is 0.111. The van der Waals surface area contributed by atoms with Gasteiger partial charge in [0.2, 0.25) is 0 Å². The first kappa shape index (κ1) is 15.0. The molecule has 1 aromatic carbocycles. The molecule has 8 heteroatoms. The van der Waals surface area contributed by atoms with E-state index in [4.69, 9.17) is 16.7 Å². The van der Waals surface area contributed by atoms with Crippen LogP contribution in [0.2, 0.25) is 5.02 Å². The molecule has 17 heavy (non-hydrogen) atoms. The highest BCUT2D eigenvalue weighted by Crippen LogP contribution is 2.19. The van der Waals surface area contributed by atoms with Crippen LogP contribution in [0.15, 0.2) is 18.2 Å². The fourth-order valence-electron chi connectivity index (χ4n) is 0.735. The number of nitro groups is 1. The van der Waals surface area contributed by atoms with Crippen LogP contribution in [-0.4, -0.2) is 28.8 Å². The van der Waals surface area contributed by atoms with E-state index in [0.29, 0.717) is 6.29 Å². The molecule has 0 aliphatic heterocycles. The highest BCUT2D eigenvalue weighted by molar-refractivity contribution is 6.33. The largest absolute Gasteiger partial charge is 0.480 e. The summed E-state index contributed by atoms with van der Waals surface area (Å²) < 4.78 is 0. The van der Waals surface area contributed by atoms with E-state index in [9.17, 15) is 19.7 Å². The van der Waals surface area contributed by atoms with E-state index in [1.165, 1.54) is 12.1 Å². The third-order valence-corrected chi connectivity index (χ3v) is 1.84. The molecular weight excluding hydrogens is 252 g/mol. The maximum absolute atomic E-state index is 10.3. The summed E-state index contributed by atoms with van der Waals surface area (Å²) in [6, 6.07) is 3.70. The summed E-state index contributed by atoms with van der Waals surface area (Å²) >= 11 is 5.55. The van der Waals surface area contributed by atoms with Gasteiger partial charge in [-0.1, -0.05) is 11.6 Å². The molecule has 1 aromatic rings. The number of nitrogens with zero attached hydrogens (tertiary/aromatic N) is 1. The molecule has 0 saturated heterocycles. The Kier molecular flexibility index (Phi) is 6.46. The third kappa shape index (κ3) is 5.59. The molecule has 0 radical (unpaired) electrons. The minimum Gasteiger partial charge on any atom is -0.480 e. The van der Waals surface area contributed by atoms with E-state index in [-0.39, 0.29) is 22.8 Å². The van der Waals surface area contributed by atoms with Crippen LogP contribution < -0.4 is 5.73 Å². The second kappa shape index (κ2) is 7.31. The standard InChI is InChI=1S/C7H4ClNO3.C2H5NO2/c8-7-2-1-6(9(11)12)3-5(7)4-10;3-1-2(4)5/h1-4H;1,3H2,(H,4,5). The zero-order valence-electron chi connectivity index (χ0n) is 8.50. The van der Waals surface area contributed by atoms with Crippen LogP contribution >= 0.6 is 11.6 Å². The molecule has 0 atom stereocenters. The lowest BCUT2D eigenvalue weighted by molar-refractivity contribution is -0.384. The van der Waals surface area contributed by atoms with Crippen molar-refractivity contribution < 1.29 is 19.6 Å². The van der Waals surface area contributed by atoms with E-state index < -0.39 is 10.9 Å². The van der Waals surface area contributed by atoms with Gasteiger partial charge in [-0.15, -0.1) is 0 Å². The summed E-state index contributed by atoms with van der Waals surface area (Å²) in [5, 5.41) is 18.0. The van der Waals surface area contributed by atoms with Crippen LogP contribution in [0.5, 0.6) is 0 Å². The summed E-state index contributed by atoms with van der Waals surface area (Å²) in [5.41, 5.74) is 4.56. The molecule has 0 heterocycles. The van der Waals surface area contributed by atoms with E-state index in [1.54, 1.807) is 0 Å². The van der Waals surface area contributed by atoms with Crippen molar-refractivity contribution in [1.29, 1.82) is 0 Å². The summed E-state index contributed by atoms with van der Waals surface area (Å²) in [7, 11) is 0. The lowest BCUT2D eigenvalue weighted by atomic mass is 10.2. The molecule has 0 spiro atoms. The van der Waals surface area contributed by atoms with Gasteiger partial charge in [0.05, 0.1) is 16.5 Å². The van der Waals surface area contributed by atoms with Crippen LogP contribution in [0.3, 0.4) is 0 Å². The number of aldehydes is 1. The topological polar surface area (TPSA) is 124 Å². The van der Waals surface area contributed by atoms with Crippen molar-refractivity contribution >= 4 is 29.5 Å². The zero-order chi connectivity index (χ0) is 13.4. The number of carboxylic acid groups (broad SMARTS) is 1. The van der Waals surface area contributed by atoms with Crippen molar-refractivity contribution in [1.82, 2.24) is 0 Å². The number of nitrogens with two attached hydrogens (primary N) is 1. The third-order valence-electron chi connectivity index (χ3n) is 1.49. The highest BCUT2D eigenvalue weighted by atomic mass is 35.5. The lowest BCUT2D eigenvalue weighted by Crippen LogP contribution is -2.10. The maximum Gasteiger partial charge on any atom is 0.317 e. The van der Waals surface area contributed by atoms with Crippen molar-refractivity contribution in [2.75, 3.05) is 6.54 Å². The fourth-order valence-corrected chi connectivity index (χ4v) is 0.897. The number of non-ortho nitro benzene ring substituents is 1. The van der Waals surface area contributed by atoms with Crippen LogP contribution in [0.25, 0.3) is 0 Å². The summed E-state index contributed by atoms with van der Waals surface area (Å²) in [6.45, 7) is -0.278. The van der Waals surface area contributed by atoms with Gasteiger partial charge in [0.15, 0.2) is 6.29 Å². The number of carboxylic acids is 1. The SMILES string of the molecule is NCC(=O)O.O=Cc1cc([N+](=O)[O-])ccc1Cl. The van der Waals surface area contributed by atoms with Gasteiger partial charge in [-0.05, 0) is 6.07 Å². The van der Waals surface area contributed by atoms with Crippen LogP contribution in [0.1, 0.15) is 10.4 Å². The van der Waals surface area contributed by atoms with Crippen LogP contribution in [-0.2, 0) is 4.79 Å². The first-order valence-electron chi connectivity index (χ1n) is 4.23. The normalized spacial score (nSPS) is 8.82. The van der Waals surface area contributed by atoms with Crippen LogP contribution in [0.4, 0.5) is 5.69 Å². The minimum absolute atomic E-state index is 0.130. The molecule has 0 aromatic heterocycles. The minimum atomic E-state index is -0.968. The number of rotatable bonds is 3. The van der Waals surface area contributed by atoms with Gasteiger partial charge in [0.25, 0.3) is 5.69 Å². The lowest BCUT2D eigenvalue weighted by Gasteiger charge is -1.94. The number of aliphatic carboxylic acids is 1. The molecule has 3 N–H and O–H groups in total. The van der Waals surface area contributed by atoms with E-state index in [2.05, 4.69) is 5.73 Å². The molecule has 1 rings (SSSR count). The summed E-state index contributed by atoms with van der Waals surface area (Å²) in [4.78, 5) is 29.2. The highest BCUT2D eigenvalue weighted by Gasteiger charge is 2.08. The van der Waals surface area contributed by atoms with Gasteiger partial charge in [-0.3, -0.25) is 19.7 Å². The number of benzene rings is 1. The zero-order valence-corrected chi connectivity index (χ0v) is 9.26. The van der Waals surface area contributed by atoms with Crippen molar-refractivity contribution in [2.45, 2.75) is 0 Å². The molecule has 7 nitrogen and oxygen atoms in total. The second-order valence-corrected chi connectivity index (χ2v) is 3.09. The Labute approximate surface area is 101 Å². The number of hydrogen-bond donors (Lipinski definition) is 2. The number of carbonyl (C=O) groups excluding carboxylic acids is 1. The average molecular weight is 261 g/mol. The monoisotopic (exact) mass is 260 g/mol. The molecule has 0 unspecified atom stereocenters. The number of hydrogen-bond acceptors (Lipinski definition) is 5. The molecule has 0 aliphatic carbocycles. The molecule has 0 saturated carbocycles. The van der Waals surface area contributed by atoms with Crippen molar-refractivity contribution in [2.24, 2.45) is 5.73 Å².